The Balaban J connectivity index is 1.85. The molecule has 0 aromatic heterocycles. The van der Waals surface area contributed by atoms with Gasteiger partial charge in [0.1, 0.15) is 28.8 Å². The summed E-state index contributed by atoms with van der Waals surface area (Å²) in [5, 5.41) is 0. The maximum absolute atomic E-state index is 14.4. The molecule has 134 valence electrons. The van der Waals surface area contributed by atoms with Crippen LogP contribution in [-0.2, 0) is 0 Å². The first-order valence-corrected chi connectivity index (χ1v) is 8.33. The average molecular weight is 358 g/mol. The second-order valence-electron chi connectivity index (χ2n) is 6.03. The number of esters is 1. The van der Waals surface area contributed by atoms with Crippen molar-refractivity contribution in [2.24, 2.45) is 0 Å². The Hall–Kier alpha value is -2.82. The fourth-order valence-corrected chi connectivity index (χ4v) is 2.83. The van der Waals surface area contributed by atoms with Crippen LogP contribution in [0, 0.1) is 17.5 Å². The van der Waals surface area contributed by atoms with Crippen LogP contribution in [0.2, 0.25) is 0 Å². The highest BCUT2D eigenvalue weighted by atomic mass is 19.1. The molecule has 0 bridgehead atoms. The molecule has 2 aromatic rings. The van der Waals surface area contributed by atoms with Gasteiger partial charge in [-0.15, -0.1) is 0 Å². The van der Waals surface area contributed by atoms with E-state index in [9.17, 15) is 18.0 Å². The highest BCUT2D eigenvalue weighted by molar-refractivity contribution is 5.92. The largest absolute Gasteiger partial charge is 0.423 e. The van der Waals surface area contributed by atoms with Crippen molar-refractivity contribution in [3.8, 4) is 5.75 Å². The molecule has 0 atom stereocenters. The molecule has 0 heterocycles. The van der Waals surface area contributed by atoms with Gasteiger partial charge in [-0.1, -0.05) is 24.6 Å². The molecule has 5 heteroatoms. The van der Waals surface area contributed by atoms with Crippen molar-refractivity contribution in [1.29, 1.82) is 0 Å². The van der Waals surface area contributed by atoms with Gasteiger partial charge in [0.2, 0.25) is 0 Å². The molecule has 2 nitrogen and oxygen atoms in total. The Bertz CT molecular complexity index is 873. The van der Waals surface area contributed by atoms with Gasteiger partial charge >= 0.3 is 5.97 Å². The molecule has 0 radical (unpaired) electrons. The zero-order chi connectivity index (χ0) is 18.7. The van der Waals surface area contributed by atoms with Crippen LogP contribution >= 0.6 is 0 Å². The predicted octanol–water partition coefficient (Wildman–Crippen LogP) is 5.84. The minimum atomic E-state index is -1.16. The summed E-state index contributed by atoms with van der Waals surface area (Å²) in [5.41, 5.74) is 1.75. The third kappa shape index (κ3) is 3.87. The number of carbonyl (C=O) groups excluding carboxylic acids is 1. The first kappa shape index (κ1) is 18.0. The summed E-state index contributed by atoms with van der Waals surface area (Å²) in [4.78, 5) is 12.1. The monoisotopic (exact) mass is 358 g/mol. The molecule has 0 aliphatic heterocycles. The first-order valence-electron chi connectivity index (χ1n) is 8.33. The van der Waals surface area contributed by atoms with E-state index in [0.717, 1.165) is 42.7 Å². The van der Waals surface area contributed by atoms with Crippen LogP contribution in [-0.4, -0.2) is 5.97 Å². The Labute approximate surface area is 149 Å². The Morgan fingerprint density at radius 3 is 2.19 bits per heavy atom. The van der Waals surface area contributed by atoms with Crippen molar-refractivity contribution < 1.29 is 22.7 Å². The standard InChI is InChI=1S/C21H17F3O2/c1-2-13-3-5-14(6-4-13)15-11-18(23)20(19(24)12-15)21(25)26-17-9-7-16(22)8-10-17/h3,5,7-12H,2,4,6H2,1H3. The average Bonchev–Trinajstić information content (AvgIpc) is 2.63. The van der Waals surface area contributed by atoms with Crippen LogP contribution < -0.4 is 4.74 Å². The number of benzene rings is 2. The Kier molecular flexibility index (Phi) is 5.26. The van der Waals surface area contributed by atoms with Crippen molar-refractivity contribution in [3.63, 3.8) is 0 Å². The van der Waals surface area contributed by atoms with Gasteiger partial charge in [-0.25, -0.2) is 18.0 Å². The Morgan fingerprint density at radius 2 is 1.65 bits per heavy atom. The van der Waals surface area contributed by atoms with E-state index in [0.29, 0.717) is 12.0 Å². The van der Waals surface area contributed by atoms with E-state index in [1.54, 1.807) is 0 Å². The lowest BCUT2D eigenvalue weighted by Gasteiger charge is -2.15. The van der Waals surface area contributed by atoms with Gasteiger partial charge in [0.05, 0.1) is 0 Å². The molecule has 3 rings (SSSR count). The zero-order valence-electron chi connectivity index (χ0n) is 14.2. The number of halogens is 3. The lowest BCUT2D eigenvalue weighted by Crippen LogP contribution is -2.14. The molecule has 2 aromatic carbocycles. The highest BCUT2D eigenvalue weighted by Crippen LogP contribution is 2.30. The molecule has 0 fully saturated rings. The molecule has 0 saturated carbocycles. The predicted molar refractivity (Wildman–Crippen MR) is 93.3 cm³/mol. The number of rotatable bonds is 4. The smallest absolute Gasteiger partial charge is 0.349 e. The Morgan fingerprint density at radius 1 is 1.00 bits per heavy atom. The van der Waals surface area contributed by atoms with Crippen LogP contribution in [0.4, 0.5) is 13.2 Å². The third-order valence-electron chi connectivity index (χ3n) is 4.33. The topological polar surface area (TPSA) is 26.3 Å². The van der Waals surface area contributed by atoms with E-state index >= 15 is 0 Å². The van der Waals surface area contributed by atoms with E-state index < -0.39 is 29.0 Å². The minimum Gasteiger partial charge on any atom is -0.423 e. The number of hydrogen-bond donors (Lipinski definition) is 0. The number of carbonyl (C=O) groups is 1. The molecular weight excluding hydrogens is 341 g/mol. The van der Waals surface area contributed by atoms with Gasteiger partial charge in [-0.2, -0.15) is 0 Å². The van der Waals surface area contributed by atoms with Crippen LogP contribution in [0.25, 0.3) is 5.57 Å². The molecule has 0 spiro atoms. The molecular formula is C21H17F3O2. The van der Waals surface area contributed by atoms with Crippen LogP contribution in [0.1, 0.15) is 42.1 Å². The van der Waals surface area contributed by atoms with Gasteiger partial charge in [-0.3, -0.25) is 0 Å². The van der Waals surface area contributed by atoms with Crippen LogP contribution in [0.5, 0.6) is 5.75 Å². The van der Waals surface area contributed by atoms with Gasteiger partial charge < -0.3 is 4.74 Å². The van der Waals surface area contributed by atoms with E-state index in [-0.39, 0.29) is 5.75 Å². The maximum Gasteiger partial charge on any atom is 0.349 e. The van der Waals surface area contributed by atoms with E-state index in [1.165, 1.54) is 17.7 Å². The minimum absolute atomic E-state index is 0.00602. The van der Waals surface area contributed by atoms with Crippen molar-refractivity contribution in [3.05, 3.63) is 82.7 Å². The molecule has 0 unspecified atom stereocenters. The summed E-state index contributed by atoms with van der Waals surface area (Å²) in [6.45, 7) is 2.06. The summed E-state index contributed by atoms with van der Waals surface area (Å²) >= 11 is 0. The lowest BCUT2D eigenvalue weighted by atomic mass is 9.91. The summed E-state index contributed by atoms with van der Waals surface area (Å²) in [6.07, 6.45) is 6.30. The van der Waals surface area contributed by atoms with Crippen LogP contribution in [0.3, 0.4) is 0 Å². The normalized spacial score (nSPS) is 13.8. The van der Waals surface area contributed by atoms with Gasteiger partial charge in [0.15, 0.2) is 0 Å². The second kappa shape index (κ2) is 7.60. The third-order valence-corrected chi connectivity index (χ3v) is 4.33. The second-order valence-corrected chi connectivity index (χ2v) is 6.03. The van der Waals surface area contributed by atoms with Crippen LogP contribution in [0.15, 0.2) is 54.1 Å². The summed E-state index contributed by atoms with van der Waals surface area (Å²) in [5.74, 6) is -3.64. The fourth-order valence-electron chi connectivity index (χ4n) is 2.83. The molecule has 0 saturated heterocycles. The van der Waals surface area contributed by atoms with E-state index in [1.807, 2.05) is 12.2 Å². The van der Waals surface area contributed by atoms with Crippen molar-refractivity contribution in [1.82, 2.24) is 0 Å². The van der Waals surface area contributed by atoms with Gasteiger partial charge in [-0.05, 0) is 66.8 Å². The quantitative estimate of drug-likeness (QED) is 0.507. The summed E-state index contributed by atoms with van der Waals surface area (Å²) in [6, 6.07) is 6.88. The fraction of sp³-hybridized carbons (Fsp3) is 0.190. The maximum atomic E-state index is 14.4. The van der Waals surface area contributed by atoms with Crippen molar-refractivity contribution >= 4 is 11.5 Å². The van der Waals surface area contributed by atoms with E-state index in [4.69, 9.17) is 4.74 Å². The molecule has 1 aliphatic carbocycles. The van der Waals surface area contributed by atoms with Gasteiger partial charge in [0.25, 0.3) is 0 Å². The number of ether oxygens (including phenoxy) is 1. The van der Waals surface area contributed by atoms with Crippen molar-refractivity contribution in [2.45, 2.75) is 26.2 Å². The van der Waals surface area contributed by atoms with Crippen molar-refractivity contribution in [2.75, 3.05) is 0 Å². The van der Waals surface area contributed by atoms with Gasteiger partial charge in [0, 0.05) is 0 Å². The van der Waals surface area contributed by atoms with E-state index in [2.05, 4.69) is 6.92 Å². The molecule has 1 aliphatic rings. The lowest BCUT2D eigenvalue weighted by molar-refractivity contribution is 0.0724. The molecule has 0 amide bonds. The summed E-state index contributed by atoms with van der Waals surface area (Å²) in [7, 11) is 0. The highest BCUT2D eigenvalue weighted by Gasteiger charge is 2.22. The number of allylic oxidation sites excluding steroid dienone is 4. The zero-order valence-corrected chi connectivity index (χ0v) is 14.2. The molecule has 26 heavy (non-hydrogen) atoms. The SMILES string of the molecule is CCC1=CC=C(c2cc(F)c(C(=O)Oc3ccc(F)cc3)c(F)c2)CC1. The summed E-state index contributed by atoms with van der Waals surface area (Å²) < 4.78 is 46.6. The first-order chi connectivity index (χ1) is 12.5. The molecule has 0 N–H and O–H groups in total. The number of hydrogen-bond acceptors (Lipinski definition) is 2.